The maximum absolute atomic E-state index is 12.1. The molecule has 1 heterocycles. The van der Waals surface area contributed by atoms with E-state index in [2.05, 4.69) is 15.6 Å². The lowest BCUT2D eigenvalue weighted by molar-refractivity contribution is -0.118. The van der Waals surface area contributed by atoms with Crippen LogP contribution in [0.4, 0.5) is 11.4 Å². The normalized spacial score (nSPS) is 12.2. The fourth-order valence-electron chi connectivity index (χ4n) is 2.54. The molecule has 7 heteroatoms. The van der Waals surface area contributed by atoms with E-state index in [4.69, 9.17) is 23.2 Å². The van der Waals surface area contributed by atoms with Gasteiger partial charge in [-0.05, 0) is 58.0 Å². The molecule has 2 aromatic carbocycles. The number of rotatable bonds is 4. The van der Waals surface area contributed by atoms with Crippen molar-refractivity contribution in [2.45, 2.75) is 37.4 Å². The number of hydrogen-bond donors (Lipinski definition) is 2. The van der Waals surface area contributed by atoms with E-state index in [0.717, 1.165) is 21.8 Å². The molecular weight excluding hydrogens is 397 g/mol. The smallest absolute Gasteiger partial charge is 0.244 e. The van der Waals surface area contributed by atoms with Crippen molar-refractivity contribution in [1.29, 1.82) is 0 Å². The summed E-state index contributed by atoms with van der Waals surface area (Å²) in [5.41, 5.74) is 2.68. The molecule has 0 saturated heterocycles. The molecule has 0 fully saturated rings. The molecule has 0 unspecified atom stereocenters. The average Bonchev–Trinajstić information content (AvgIpc) is 2.58. The minimum Gasteiger partial charge on any atom is -0.325 e. The minimum absolute atomic E-state index is 0.289. The van der Waals surface area contributed by atoms with Gasteiger partial charge in [0.15, 0.2) is 0 Å². The third-order valence-corrected chi connectivity index (χ3v) is 4.55. The molecule has 0 aliphatic carbocycles. The monoisotopic (exact) mass is 417 g/mol. The maximum Gasteiger partial charge on any atom is 0.244 e. The molecular formula is C21H21Cl2N3O2. The van der Waals surface area contributed by atoms with E-state index in [1.54, 1.807) is 39.8 Å². The fraction of sp³-hybridized carbons (Fsp3) is 0.286. The van der Waals surface area contributed by atoms with Gasteiger partial charge in [0.1, 0.15) is 9.75 Å². The highest BCUT2D eigenvalue weighted by Gasteiger charge is 2.25. The van der Waals surface area contributed by atoms with E-state index < -0.39 is 9.75 Å². The number of nitrogens with one attached hydrogen (secondary N) is 2. The van der Waals surface area contributed by atoms with Crippen LogP contribution >= 0.6 is 23.2 Å². The fourth-order valence-corrected chi connectivity index (χ4v) is 2.63. The van der Waals surface area contributed by atoms with Crippen LogP contribution < -0.4 is 10.6 Å². The Morgan fingerprint density at radius 2 is 1.14 bits per heavy atom. The second-order valence-corrected chi connectivity index (χ2v) is 9.55. The number of alkyl halides is 2. The standard InChI is InChI=1S/C21H21Cl2N3O2/c1-20(2,22)18(27)24-14-7-5-12-9-13-6-8-15(25-19(28)21(3,4)23)11-17(13)26-16(12)10-14/h5-11H,1-4H3,(H,24,27)(H,25,28). The molecule has 2 N–H and O–H groups in total. The van der Waals surface area contributed by atoms with Crippen LogP contribution in [0.15, 0.2) is 42.5 Å². The number of halogens is 2. The zero-order chi connectivity index (χ0) is 20.7. The SMILES string of the molecule is CC(C)(Cl)C(=O)Nc1ccc2cc3ccc(NC(=O)C(C)(C)Cl)cc3nc2c1. The second kappa shape index (κ2) is 7.22. The van der Waals surface area contributed by atoms with E-state index in [9.17, 15) is 9.59 Å². The third-order valence-electron chi connectivity index (χ3n) is 4.21. The summed E-state index contributed by atoms with van der Waals surface area (Å²) in [5, 5.41) is 7.47. The van der Waals surface area contributed by atoms with Gasteiger partial charge in [-0.1, -0.05) is 12.1 Å². The number of nitrogens with zero attached hydrogens (tertiary/aromatic N) is 1. The number of carbonyl (C=O) groups is 2. The Hall–Kier alpha value is -2.37. The first-order chi connectivity index (χ1) is 12.9. The van der Waals surface area contributed by atoms with Gasteiger partial charge in [-0.15, -0.1) is 23.2 Å². The van der Waals surface area contributed by atoms with Gasteiger partial charge in [0.25, 0.3) is 0 Å². The number of aromatic nitrogens is 1. The number of fused-ring (bicyclic) bond motifs is 2. The van der Waals surface area contributed by atoms with Crippen LogP contribution in [-0.4, -0.2) is 26.5 Å². The number of amides is 2. The van der Waals surface area contributed by atoms with Gasteiger partial charge < -0.3 is 10.6 Å². The molecule has 5 nitrogen and oxygen atoms in total. The Balaban J connectivity index is 1.96. The van der Waals surface area contributed by atoms with Crippen molar-refractivity contribution in [3.05, 3.63) is 42.5 Å². The van der Waals surface area contributed by atoms with Crippen molar-refractivity contribution in [2.24, 2.45) is 0 Å². The Morgan fingerprint density at radius 3 is 1.50 bits per heavy atom. The summed E-state index contributed by atoms with van der Waals surface area (Å²) < 4.78 is 0. The summed E-state index contributed by atoms with van der Waals surface area (Å²) in [6.07, 6.45) is 0. The number of anilines is 2. The first-order valence-corrected chi connectivity index (χ1v) is 9.54. The number of hydrogen-bond acceptors (Lipinski definition) is 3. The second-order valence-electron chi connectivity index (χ2n) is 7.66. The molecule has 146 valence electrons. The van der Waals surface area contributed by atoms with Crippen molar-refractivity contribution < 1.29 is 9.59 Å². The Kier molecular flexibility index (Phi) is 5.26. The number of carbonyl (C=O) groups excluding carboxylic acids is 2. The predicted molar refractivity (Wildman–Crippen MR) is 116 cm³/mol. The third kappa shape index (κ3) is 4.54. The van der Waals surface area contributed by atoms with Crippen molar-refractivity contribution >= 4 is 68.2 Å². The molecule has 28 heavy (non-hydrogen) atoms. The molecule has 0 saturated carbocycles. The van der Waals surface area contributed by atoms with Gasteiger partial charge in [-0.2, -0.15) is 0 Å². The molecule has 0 atom stereocenters. The molecule has 3 aromatic rings. The summed E-state index contributed by atoms with van der Waals surface area (Å²) in [5.74, 6) is -0.578. The van der Waals surface area contributed by atoms with E-state index in [-0.39, 0.29) is 11.8 Å². The van der Waals surface area contributed by atoms with Gasteiger partial charge in [-0.25, -0.2) is 4.98 Å². The van der Waals surface area contributed by atoms with E-state index in [0.29, 0.717) is 11.4 Å². The maximum atomic E-state index is 12.1. The average molecular weight is 418 g/mol. The first-order valence-electron chi connectivity index (χ1n) is 8.79. The molecule has 3 rings (SSSR count). The quantitative estimate of drug-likeness (QED) is 0.446. The molecule has 0 aliphatic heterocycles. The summed E-state index contributed by atoms with van der Waals surface area (Å²) in [4.78, 5) is 26.9. The van der Waals surface area contributed by atoms with Crippen LogP contribution in [0.3, 0.4) is 0 Å². The van der Waals surface area contributed by atoms with Crippen molar-refractivity contribution in [1.82, 2.24) is 4.98 Å². The summed E-state index contributed by atoms with van der Waals surface area (Å²) in [6.45, 7) is 6.53. The summed E-state index contributed by atoms with van der Waals surface area (Å²) in [6, 6.07) is 13.0. The lowest BCUT2D eigenvalue weighted by Gasteiger charge is -2.16. The lowest BCUT2D eigenvalue weighted by atomic mass is 10.1. The van der Waals surface area contributed by atoms with Crippen LogP contribution in [0.5, 0.6) is 0 Å². The van der Waals surface area contributed by atoms with Crippen LogP contribution in [-0.2, 0) is 9.59 Å². The first kappa shape index (κ1) is 20.4. The van der Waals surface area contributed by atoms with Crippen molar-refractivity contribution in [2.75, 3.05) is 10.6 Å². The van der Waals surface area contributed by atoms with E-state index >= 15 is 0 Å². The highest BCUT2D eigenvalue weighted by molar-refractivity contribution is 6.36. The molecule has 2 amide bonds. The minimum atomic E-state index is -1.00. The predicted octanol–water partition coefficient (Wildman–Crippen LogP) is 5.30. The van der Waals surface area contributed by atoms with Gasteiger partial charge in [-0.3, -0.25) is 9.59 Å². The highest BCUT2D eigenvalue weighted by Crippen LogP contribution is 2.26. The van der Waals surface area contributed by atoms with Crippen molar-refractivity contribution in [3.8, 4) is 0 Å². The molecule has 1 aromatic heterocycles. The van der Waals surface area contributed by atoms with Crippen LogP contribution in [0.25, 0.3) is 21.8 Å². The largest absolute Gasteiger partial charge is 0.325 e. The zero-order valence-electron chi connectivity index (χ0n) is 16.1. The van der Waals surface area contributed by atoms with E-state index in [1.165, 1.54) is 0 Å². The van der Waals surface area contributed by atoms with Gasteiger partial charge in [0.2, 0.25) is 11.8 Å². The number of benzene rings is 2. The Morgan fingerprint density at radius 1 is 0.750 bits per heavy atom. The lowest BCUT2D eigenvalue weighted by Crippen LogP contribution is -2.31. The Labute approximate surface area is 173 Å². The summed E-state index contributed by atoms with van der Waals surface area (Å²) >= 11 is 12.1. The van der Waals surface area contributed by atoms with Crippen molar-refractivity contribution in [3.63, 3.8) is 0 Å². The number of pyridine rings is 1. The van der Waals surface area contributed by atoms with Gasteiger partial charge in [0, 0.05) is 22.1 Å². The molecule has 0 bridgehead atoms. The summed E-state index contributed by atoms with van der Waals surface area (Å²) in [7, 11) is 0. The molecule has 0 aliphatic rings. The zero-order valence-corrected chi connectivity index (χ0v) is 17.6. The highest BCUT2D eigenvalue weighted by atomic mass is 35.5. The van der Waals surface area contributed by atoms with Crippen LogP contribution in [0.2, 0.25) is 0 Å². The van der Waals surface area contributed by atoms with Crippen LogP contribution in [0, 0.1) is 0 Å². The molecule has 0 radical (unpaired) electrons. The topological polar surface area (TPSA) is 71.1 Å². The van der Waals surface area contributed by atoms with Crippen LogP contribution in [0.1, 0.15) is 27.7 Å². The van der Waals surface area contributed by atoms with Gasteiger partial charge in [0.05, 0.1) is 11.0 Å². The van der Waals surface area contributed by atoms with Gasteiger partial charge >= 0.3 is 0 Å². The van der Waals surface area contributed by atoms with E-state index in [1.807, 2.05) is 30.3 Å². The molecule has 0 spiro atoms. The Bertz CT molecular complexity index is 1000.